The molecule has 0 atom stereocenters. The molecule has 0 saturated heterocycles. The van der Waals surface area contributed by atoms with Gasteiger partial charge in [-0.2, -0.15) is 0 Å². The van der Waals surface area contributed by atoms with E-state index in [4.69, 9.17) is 0 Å². The first kappa shape index (κ1) is 25.0. The van der Waals surface area contributed by atoms with Crippen molar-refractivity contribution in [1.82, 2.24) is 0 Å². The predicted molar refractivity (Wildman–Crippen MR) is 98.5 cm³/mol. The van der Waals surface area contributed by atoms with Crippen molar-refractivity contribution in [3.8, 4) is 0 Å². The molecular weight excluding hydrogens is 240 g/mol. The van der Waals surface area contributed by atoms with Crippen molar-refractivity contribution in [2.45, 2.75) is 120 Å². The summed E-state index contributed by atoms with van der Waals surface area (Å²) >= 11 is 0. The maximum absolute atomic E-state index is 2.32. The molecule has 0 nitrogen and oxygen atoms in total. The van der Waals surface area contributed by atoms with Gasteiger partial charge >= 0.3 is 0 Å². The molecule has 126 valence electrons. The van der Waals surface area contributed by atoms with Crippen LogP contribution >= 0.6 is 0 Å². The van der Waals surface area contributed by atoms with Gasteiger partial charge in [0.05, 0.1) is 0 Å². The maximum Gasteiger partial charge on any atom is -0.0417 e. The first-order valence-corrected chi connectivity index (χ1v) is 9.86. The van der Waals surface area contributed by atoms with Gasteiger partial charge in [0.2, 0.25) is 0 Å². The van der Waals surface area contributed by atoms with Gasteiger partial charge in [-0.3, -0.25) is 0 Å². The molecule has 0 bridgehead atoms. The van der Waals surface area contributed by atoms with E-state index in [2.05, 4.69) is 13.8 Å². The Labute approximate surface area is 132 Å². The second kappa shape index (κ2) is 24.0. The van der Waals surface area contributed by atoms with E-state index in [0.717, 1.165) is 11.8 Å². The fourth-order valence-corrected chi connectivity index (χ4v) is 2.50. The van der Waals surface area contributed by atoms with Crippen LogP contribution < -0.4 is 0 Å². The van der Waals surface area contributed by atoms with Crippen LogP contribution in [-0.4, -0.2) is 0 Å². The molecule has 2 fully saturated rings. The summed E-state index contributed by atoms with van der Waals surface area (Å²) in [6, 6.07) is 0. The van der Waals surface area contributed by atoms with Gasteiger partial charge in [0, 0.05) is 0 Å². The summed E-state index contributed by atoms with van der Waals surface area (Å²) in [5, 5.41) is 0. The zero-order chi connectivity index (χ0) is 16.2. The van der Waals surface area contributed by atoms with Crippen LogP contribution in [0.5, 0.6) is 0 Å². The molecular formula is C20H46. The molecule has 0 aliphatic heterocycles. The average Bonchev–Trinajstić information content (AvgIpc) is 2.53. The Balaban J connectivity index is -0.000000215. The van der Waals surface area contributed by atoms with Crippen LogP contribution in [0.3, 0.4) is 0 Å². The fraction of sp³-hybridized carbons (Fsp3) is 1.00. The Hall–Kier alpha value is 0. The molecule has 0 unspecified atom stereocenters. The Morgan fingerprint density at radius 2 is 0.800 bits per heavy atom. The van der Waals surface area contributed by atoms with Crippen molar-refractivity contribution < 1.29 is 0 Å². The van der Waals surface area contributed by atoms with Crippen LogP contribution in [0, 0.1) is 11.8 Å². The van der Waals surface area contributed by atoms with E-state index in [-0.39, 0.29) is 0 Å². The lowest BCUT2D eigenvalue weighted by Gasteiger charge is -2.22. The van der Waals surface area contributed by atoms with Gasteiger partial charge in [-0.05, 0) is 11.8 Å². The third-order valence-electron chi connectivity index (χ3n) is 4.10. The minimum Gasteiger partial charge on any atom is -0.0683 e. The summed E-state index contributed by atoms with van der Waals surface area (Å²) in [5.41, 5.74) is 0. The second-order valence-corrected chi connectivity index (χ2v) is 5.12. The van der Waals surface area contributed by atoms with Crippen molar-refractivity contribution in [2.24, 2.45) is 11.8 Å². The molecule has 20 heavy (non-hydrogen) atoms. The summed E-state index contributed by atoms with van der Waals surface area (Å²) in [5.74, 6) is 2.20. The normalized spacial score (nSPS) is 17.4. The van der Waals surface area contributed by atoms with Crippen molar-refractivity contribution in [3.63, 3.8) is 0 Å². The van der Waals surface area contributed by atoms with Crippen LogP contribution in [0.25, 0.3) is 0 Å². The smallest absolute Gasteiger partial charge is 0.0417 e. The maximum atomic E-state index is 2.32. The molecule has 2 aliphatic carbocycles. The molecule has 2 rings (SSSR count). The molecule has 0 radical (unpaired) electrons. The lowest BCUT2D eigenvalue weighted by atomic mass is 9.84. The first-order chi connectivity index (χ1) is 9.86. The van der Waals surface area contributed by atoms with Gasteiger partial charge < -0.3 is 0 Å². The number of hydrogen-bond donors (Lipinski definition) is 0. The van der Waals surface area contributed by atoms with E-state index in [9.17, 15) is 0 Å². The van der Waals surface area contributed by atoms with Gasteiger partial charge in [-0.1, -0.05) is 120 Å². The molecule has 0 heteroatoms. The molecule has 0 aromatic heterocycles. The molecule has 0 amide bonds. The van der Waals surface area contributed by atoms with Crippen LogP contribution in [0.15, 0.2) is 0 Å². The lowest BCUT2D eigenvalue weighted by molar-refractivity contribution is 0.307. The Morgan fingerprint density at radius 1 is 0.500 bits per heavy atom. The van der Waals surface area contributed by atoms with Crippen LogP contribution in [-0.2, 0) is 0 Å². The predicted octanol–water partition coefficient (Wildman–Crippen LogP) is 8.25. The van der Waals surface area contributed by atoms with Gasteiger partial charge in [0.25, 0.3) is 0 Å². The lowest BCUT2D eigenvalue weighted by Crippen LogP contribution is -2.08. The Bertz CT molecular complexity index is 115. The van der Waals surface area contributed by atoms with E-state index in [1.165, 1.54) is 64.2 Å². The fourth-order valence-electron chi connectivity index (χ4n) is 2.50. The highest BCUT2D eigenvalue weighted by atomic mass is 14.2. The number of rotatable bonds is 2. The Morgan fingerprint density at radius 3 is 0.950 bits per heavy atom. The van der Waals surface area contributed by atoms with E-state index < -0.39 is 0 Å². The van der Waals surface area contributed by atoms with E-state index >= 15 is 0 Å². The number of hydrogen-bond acceptors (Lipinski definition) is 0. The summed E-state index contributed by atoms with van der Waals surface area (Å²) in [6.07, 6.45) is 14.9. The minimum atomic E-state index is 1.09. The third-order valence-corrected chi connectivity index (χ3v) is 4.10. The van der Waals surface area contributed by atoms with Gasteiger partial charge in [0.1, 0.15) is 0 Å². The summed E-state index contributed by atoms with van der Waals surface area (Å²) < 4.78 is 0. The van der Waals surface area contributed by atoms with Crippen molar-refractivity contribution in [1.29, 1.82) is 0 Å². The van der Waals surface area contributed by atoms with Gasteiger partial charge in [-0.15, -0.1) is 0 Å². The minimum absolute atomic E-state index is 1.09. The van der Waals surface area contributed by atoms with E-state index in [0.29, 0.717) is 0 Å². The molecule has 0 aromatic rings. The third kappa shape index (κ3) is 16.1. The zero-order valence-corrected chi connectivity index (χ0v) is 16.2. The van der Waals surface area contributed by atoms with Crippen LogP contribution in [0.4, 0.5) is 0 Å². The average molecular weight is 287 g/mol. The summed E-state index contributed by atoms with van der Waals surface area (Å²) in [6.45, 7) is 16.6. The van der Waals surface area contributed by atoms with E-state index in [1.54, 1.807) is 0 Å². The monoisotopic (exact) mass is 286 g/mol. The zero-order valence-electron chi connectivity index (χ0n) is 16.2. The highest BCUT2D eigenvalue weighted by Crippen LogP contribution is 2.28. The van der Waals surface area contributed by atoms with Crippen LogP contribution in [0.2, 0.25) is 0 Å². The summed E-state index contributed by atoms with van der Waals surface area (Å²) in [4.78, 5) is 0. The first-order valence-electron chi connectivity index (χ1n) is 9.86. The highest BCUT2D eigenvalue weighted by molar-refractivity contribution is 4.66. The molecule has 0 aromatic carbocycles. The quantitative estimate of drug-likeness (QED) is 0.479. The summed E-state index contributed by atoms with van der Waals surface area (Å²) in [7, 11) is 0. The molecule has 0 heterocycles. The van der Waals surface area contributed by atoms with Crippen molar-refractivity contribution in [2.75, 3.05) is 0 Å². The van der Waals surface area contributed by atoms with E-state index in [1.807, 2.05) is 41.5 Å². The highest BCUT2D eigenvalue weighted by Gasteiger charge is 2.13. The van der Waals surface area contributed by atoms with Crippen molar-refractivity contribution >= 4 is 0 Å². The Kier molecular flexibility index (Phi) is 30.0. The van der Waals surface area contributed by atoms with Crippen molar-refractivity contribution in [3.05, 3.63) is 0 Å². The standard InChI is InChI=1S/C8H16.C6H12.3C2H6/c1-2-8-6-4-3-5-7-8;1-2-6-4-3-5-6;3*1-2/h8H,2-7H2,1H3;6H,2-5H2,1H3;3*1-2H3. The van der Waals surface area contributed by atoms with Gasteiger partial charge in [-0.25, -0.2) is 0 Å². The largest absolute Gasteiger partial charge is 0.0683 e. The topological polar surface area (TPSA) is 0 Å². The SMILES string of the molecule is CC.CC.CC.CCC1CCC1.CCC1CCCCC1. The van der Waals surface area contributed by atoms with Crippen LogP contribution in [0.1, 0.15) is 120 Å². The molecule has 0 N–H and O–H groups in total. The molecule has 0 spiro atoms. The second-order valence-electron chi connectivity index (χ2n) is 5.12. The molecule has 2 aliphatic rings. The van der Waals surface area contributed by atoms with Gasteiger partial charge in [0.15, 0.2) is 0 Å². The molecule has 2 saturated carbocycles.